The molecule has 3 aliphatic rings. The van der Waals surface area contributed by atoms with Crippen LogP contribution in [-0.2, 0) is 17.8 Å². The highest BCUT2D eigenvalue weighted by atomic mass is 16.5. The van der Waals surface area contributed by atoms with Crippen molar-refractivity contribution in [3.63, 3.8) is 0 Å². The summed E-state index contributed by atoms with van der Waals surface area (Å²) in [5.74, 6) is 1.72. The Morgan fingerprint density at radius 1 is 1.36 bits per heavy atom. The highest BCUT2D eigenvalue weighted by Crippen LogP contribution is 2.53. The minimum atomic E-state index is -0.173. The topological polar surface area (TPSA) is 112 Å². The fraction of sp³-hybridized carbons (Fsp3) is 0.407. The largest absolute Gasteiger partial charge is 0.497 e. The molecule has 2 aliphatic heterocycles. The number of pyridine rings is 2. The zero-order chi connectivity index (χ0) is 24.7. The fourth-order valence-electron chi connectivity index (χ4n) is 5.58. The number of methoxy groups -OCH3 is 1. The number of ether oxygens (including phenoxy) is 2. The van der Waals surface area contributed by atoms with E-state index in [0.717, 1.165) is 60.4 Å². The van der Waals surface area contributed by atoms with Crippen molar-refractivity contribution in [3.8, 4) is 17.6 Å². The summed E-state index contributed by atoms with van der Waals surface area (Å²) < 4.78 is 10.8. The third-order valence-electron chi connectivity index (χ3n) is 7.70. The summed E-state index contributed by atoms with van der Waals surface area (Å²) in [6.45, 7) is 3.72. The van der Waals surface area contributed by atoms with Gasteiger partial charge in [-0.3, -0.25) is 9.78 Å². The number of benzene rings is 1. The number of aromatic nitrogens is 2. The first-order valence-corrected chi connectivity index (χ1v) is 12.3. The van der Waals surface area contributed by atoms with Crippen LogP contribution in [0.5, 0.6) is 11.5 Å². The molecule has 184 valence electrons. The van der Waals surface area contributed by atoms with Gasteiger partial charge in [0.15, 0.2) is 18.2 Å². The first-order valence-electron chi connectivity index (χ1n) is 12.3. The first kappa shape index (κ1) is 22.7. The van der Waals surface area contributed by atoms with E-state index in [9.17, 15) is 10.1 Å². The molecule has 4 heterocycles. The monoisotopic (exact) mass is 484 g/mol. The second-order valence-corrected chi connectivity index (χ2v) is 9.91. The maximum absolute atomic E-state index is 11.6. The van der Waals surface area contributed by atoms with Gasteiger partial charge in [-0.05, 0) is 61.7 Å². The van der Waals surface area contributed by atoms with E-state index in [1.807, 2.05) is 30.3 Å². The Bertz CT molecular complexity index is 1390. The van der Waals surface area contributed by atoms with Gasteiger partial charge in [-0.2, -0.15) is 5.26 Å². The first-order chi connectivity index (χ1) is 17.6. The molecule has 2 aromatic heterocycles. The van der Waals surface area contributed by atoms with Gasteiger partial charge in [0.25, 0.3) is 5.91 Å². The number of nitrogens with one attached hydrogen (secondary N) is 2. The fourth-order valence-corrected chi connectivity index (χ4v) is 5.58. The predicted molar refractivity (Wildman–Crippen MR) is 134 cm³/mol. The summed E-state index contributed by atoms with van der Waals surface area (Å²) in [5, 5.41) is 17.1. The number of hydrogen-bond donors (Lipinski definition) is 2. The maximum Gasteiger partial charge on any atom is 0.263 e. The average Bonchev–Trinajstić information content (AvgIpc) is 3.42. The van der Waals surface area contributed by atoms with Gasteiger partial charge in [0, 0.05) is 42.7 Å². The number of amides is 1. The molecule has 2 atom stereocenters. The summed E-state index contributed by atoms with van der Waals surface area (Å²) in [4.78, 5) is 23.1. The molecule has 9 heteroatoms. The van der Waals surface area contributed by atoms with Crippen molar-refractivity contribution < 1.29 is 14.3 Å². The molecule has 1 spiro atoms. The van der Waals surface area contributed by atoms with Gasteiger partial charge in [-0.1, -0.05) is 0 Å². The smallest absolute Gasteiger partial charge is 0.263 e. The van der Waals surface area contributed by atoms with Gasteiger partial charge in [-0.25, -0.2) is 4.98 Å². The van der Waals surface area contributed by atoms with Gasteiger partial charge in [0.1, 0.15) is 11.8 Å². The van der Waals surface area contributed by atoms with E-state index in [0.29, 0.717) is 35.1 Å². The minimum absolute atomic E-state index is 0.0385. The number of carbonyl (C=O) groups excluding carboxylic acids is 1. The molecule has 0 radical (unpaired) electrons. The number of fused-ring (bicyclic) bond motifs is 2. The van der Waals surface area contributed by atoms with Crippen molar-refractivity contribution in [1.29, 1.82) is 5.26 Å². The number of hydrogen-bond acceptors (Lipinski definition) is 8. The van der Waals surface area contributed by atoms with Gasteiger partial charge in [-0.15, -0.1) is 0 Å². The Kier molecular flexibility index (Phi) is 5.70. The summed E-state index contributed by atoms with van der Waals surface area (Å²) in [7, 11) is 1.65. The van der Waals surface area contributed by atoms with Crippen LogP contribution in [0.15, 0.2) is 36.5 Å². The molecule has 1 aromatic carbocycles. The summed E-state index contributed by atoms with van der Waals surface area (Å²) in [6.07, 6.45) is 4.81. The molecule has 1 saturated carbocycles. The molecule has 2 N–H and O–H groups in total. The van der Waals surface area contributed by atoms with Crippen molar-refractivity contribution >= 4 is 22.6 Å². The Hall–Kier alpha value is -3.74. The molecular formula is C27H28N6O3. The molecule has 36 heavy (non-hydrogen) atoms. The lowest BCUT2D eigenvalue weighted by atomic mass is 10.0. The third kappa shape index (κ3) is 4.23. The van der Waals surface area contributed by atoms with E-state index in [-0.39, 0.29) is 12.5 Å². The number of rotatable bonds is 7. The summed E-state index contributed by atoms with van der Waals surface area (Å²) in [5.41, 5.74) is 3.77. The minimum Gasteiger partial charge on any atom is -0.497 e. The average molecular weight is 485 g/mol. The van der Waals surface area contributed by atoms with Gasteiger partial charge >= 0.3 is 0 Å². The number of nitriles is 1. The summed E-state index contributed by atoms with van der Waals surface area (Å²) in [6, 6.07) is 12.4. The molecule has 6 rings (SSSR count). The Morgan fingerprint density at radius 3 is 3.14 bits per heavy atom. The summed E-state index contributed by atoms with van der Waals surface area (Å²) >= 11 is 0. The van der Waals surface area contributed by atoms with Crippen molar-refractivity contribution in [1.82, 2.24) is 20.2 Å². The molecule has 1 amide bonds. The molecule has 2 fully saturated rings. The van der Waals surface area contributed by atoms with E-state index >= 15 is 0 Å². The van der Waals surface area contributed by atoms with Crippen LogP contribution in [0.1, 0.15) is 29.7 Å². The van der Waals surface area contributed by atoms with Crippen LogP contribution < -0.4 is 20.1 Å². The Labute approximate surface area is 209 Å². The maximum atomic E-state index is 11.6. The van der Waals surface area contributed by atoms with Crippen molar-refractivity contribution in [3.05, 3.63) is 53.3 Å². The van der Waals surface area contributed by atoms with E-state index in [1.54, 1.807) is 13.3 Å². The SMILES string of the molecule is COc1ccc2ncc(C#N)c(CCN3CCC4(CC4NCc4ccc5c(n4)NC(=O)CO5)C3)c2c1. The third-order valence-corrected chi connectivity index (χ3v) is 7.70. The lowest BCUT2D eigenvalue weighted by Gasteiger charge is -2.18. The van der Waals surface area contributed by atoms with Crippen LogP contribution >= 0.6 is 0 Å². The van der Waals surface area contributed by atoms with Crippen LogP contribution in [0, 0.1) is 16.7 Å². The second-order valence-electron chi connectivity index (χ2n) is 9.91. The Morgan fingerprint density at radius 2 is 2.28 bits per heavy atom. The highest BCUT2D eigenvalue weighted by Gasteiger charge is 2.56. The Balaban J connectivity index is 1.07. The van der Waals surface area contributed by atoms with Crippen LogP contribution in [0.3, 0.4) is 0 Å². The molecular weight excluding hydrogens is 456 g/mol. The van der Waals surface area contributed by atoms with Crippen molar-refractivity contribution in [2.24, 2.45) is 5.41 Å². The zero-order valence-electron chi connectivity index (χ0n) is 20.2. The van der Waals surface area contributed by atoms with Gasteiger partial charge in [0.2, 0.25) is 0 Å². The van der Waals surface area contributed by atoms with Crippen LogP contribution in [0.4, 0.5) is 5.82 Å². The van der Waals surface area contributed by atoms with Crippen molar-refractivity contribution in [2.45, 2.75) is 31.8 Å². The van der Waals surface area contributed by atoms with Gasteiger partial charge < -0.3 is 25.0 Å². The van der Waals surface area contributed by atoms with Crippen LogP contribution in [0.2, 0.25) is 0 Å². The molecule has 2 unspecified atom stereocenters. The van der Waals surface area contributed by atoms with E-state index in [2.05, 4.69) is 31.6 Å². The standard InChI is InChI=1S/C27H28N6O3/c1-35-19-3-4-22-21(10-19)20(17(12-28)13-29-22)6-8-33-9-7-27(16-33)11-24(27)30-14-18-2-5-23-26(31-18)32-25(34)15-36-23/h2-5,10,13,24,30H,6-9,11,14-16H2,1H3,(H,31,32,34). The quantitative estimate of drug-likeness (QED) is 0.526. The molecule has 9 nitrogen and oxygen atoms in total. The lowest BCUT2D eigenvalue weighted by Crippen LogP contribution is -2.28. The molecule has 3 aromatic rings. The van der Waals surface area contributed by atoms with E-state index < -0.39 is 0 Å². The number of nitrogens with zero attached hydrogens (tertiary/aromatic N) is 4. The number of likely N-dealkylation sites (tertiary alicyclic amines) is 1. The van der Waals surface area contributed by atoms with Crippen molar-refractivity contribution in [2.75, 3.05) is 38.7 Å². The van der Waals surface area contributed by atoms with Crippen LogP contribution in [-0.4, -0.2) is 60.2 Å². The molecule has 1 aliphatic carbocycles. The zero-order valence-corrected chi connectivity index (χ0v) is 20.2. The number of carbonyl (C=O) groups is 1. The van der Waals surface area contributed by atoms with E-state index in [4.69, 9.17) is 9.47 Å². The highest BCUT2D eigenvalue weighted by molar-refractivity contribution is 5.94. The second kappa shape index (κ2) is 9.04. The predicted octanol–water partition coefficient (Wildman–Crippen LogP) is 2.64. The van der Waals surface area contributed by atoms with Crippen LogP contribution in [0.25, 0.3) is 10.9 Å². The normalized spacial score (nSPS) is 22.7. The number of anilines is 1. The molecule has 1 saturated heterocycles. The van der Waals surface area contributed by atoms with Gasteiger partial charge in [0.05, 0.1) is 23.9 Å². The molecule has 0 bridgehead atoms. The lowest BCUT2D eigenvalue weighted by molar-refractivity contribution is -0.118. The van der Waals surface area contributed by atoms with E-state index in [1.165, 1.54) is 6.42 Å².